The van der Waals surface area contributed by atoms with Crippen molar-refractivity contribution in [2.45, 2.75) is 74.6 Å². The molecule has 0 heterocycles. The maximum absolute atomic E-state index is 13.4. The van der Waals surface area contributed by atoms with Gasteiger partial charge in [-0.05, 0) is 19.3 Å². The van der Waals surface area contributed by atoms with Crippen molar-refractivity contribution in [3.8, 4) is 0 Å². The molecule has 0 aromatic carbocycles. The fraction of sp³-hybridized carbons (Fsp3) is 0.929. The molecule has 0 aliphatic carbocycles. The summed E-state index contributed by atoms with van der Waals surface area (Å²) in [4.78, 5) is 0. The van der Waals surface area contributed by atoms with E-state index in [1.54, 1.807) is 0 Å². The SMILES string of the molecule is O=S(=O)=CCCCCCCCCCNS(=O)(=O)C(F)(F)C(F)(F)C(F)(F)C(F)(F)F. The largest absolute Gasteiger partial charge is 0.460 e. The van der Waals surface area contributed by atoms with Gasteiger partial charge in [-0.1, -0.05) is 32.1 Å². The van der Waals surface area contributed by atoms with Gasteiger partial charge in [-0.25, -0.2) is 13.1 Å². The molecule has 0 aromatic heterocycles. The summed E-state index contributed by atoms with van der Waals surface area (Å²) in [6, 6.07) is 0. The molecule has 0 aliphatic heterocycles. The zero-order valence-electron chi connectivity index (χ0n) is 15.3. The summed E-state index contributed by atoms with van der Waals surface area (Å²) in [6.07, 6.45) is -3.59. The van der Waals surface area contributed by atoms with Crippen LogP contribution in [0.5, 0.6) is 0 Å². The molecule has 0 saturated carbocycles. The Kier molecular flexibility index (Phi) is 10.6. The highest BCUT2D eigenvalue weighted by atomic mass is 32.2. The zero-order valence-corrected chi connectivity index (χ0v) is 16.9. The fourth-order valence-corrected chi connectivity index (χ4v) is 3.58. The highest BCUT2D eigenvalue weighted by molar-refractivity contribution is 7.90. The Morgan fingerprint density at radius 1 is 0.700 bits per heavy atom. The predicted molar refractivity (Wildman–Crippen MR) is 89.7 cm³/mol. The average Bonchev–Trinajstić information content (AvgIpc) is 2.57. The standard InChI is InChI=1S/C14H20F9NO4S2/c15-11(16,13(19,20)21)12(17,18)14(22,23)30(27,28)24-9-7-5-3-1-2-4-6-8-10-29(25)26/h10,24H,1-9H2. The van der Waals surface area contributed by atoms with Crippen LogP contribution in [0.4, 0.5) is 39.5 Å². The van der Waals surface area contributed by atoms with Crippen molar-refractivity contribution >= 4 is 25.7 Å². The molecule has 0 rings (SSSR count). The van der Waals surface area contributed by atoms with Crippen LogP contribution in [-0.2, 0) is 20.3 Å². The van der Waals surface area contributed by atoms with Crippen molar-refractivity contribution in [1.82, 2.24) is 4.72 Å². The van der Waals surface area contributed by atoms with Crippen molar-refractivity contribution in [3.63, 3.8) is 0 Å². The molecule has 16 heteroatoms. The van der Waals surface area contributed by atoms with Gasteiger partial charge in [0, 0.05) is 11.9 Å². The molecule has 0 fully saturated rings. The molecular formula is C14H20F9NO4S2. The normalized spacial score (nSPS) is 14.0. The van der Waals surface area contributed by atoms with Crippen LogP contribution in [0.1, 0.15) is 51.4 Å². The Hall–Kier alpha value is -1.03. The summed E-state index contributed by atoms with van der Waals surface area (Å²) < 4.78 is 159. The van der Waals surface area contributed by atoms with Gasteiger partial charge in [-0.2, -0.15) is 47.9 Å². The molecule has 0 aliphatic rings. The summed E-state index contributed by atoms with van der Waals surface area (Å²) in [6.45, 7) is -0.865. The third-order valence-corrected chi connectivity index (χ3v) is 5.90. The number of hydrogen-bond acceptors (Lipinski definition) is 4. The van der Waals surface area contributed by atoms with Crippen LogP contribution in [0, 0.1) is 0 Å². The number of unbranched alkanes of at least 4 members (excludes halogenated alkanes) is 7. The molecule has 0 atom stereocenters. The maximum Gasteiger partial charge on any atom is 0.460 e. The van der Waals surface area contributed by atoms with E-state index in [9.17, 15) is 56.3 Å². The molecule has 0 bridgehead atoms. The molecule has 0 unspecified atom stereocenters. The summed E-state index contributed by atoms with van der Waals surface area (Å²) in [7, 11) is -8.78. The van der Waals surface area contributed by atoms with Crippen LogP contribution in [0.15, 0.2) is 0 Å². The molecule has 0 amide bonds. The summed E-state index contributed by atoms with van der Waals surface area (Å²) >= 11 is 0. The van der Waals surface area contributed by atoms with Crippen LogP contribution in [-0.4, -0.2) is 52.0 Å². The minimum atomic E-state index is -7.28. The third kappa shape index (κ3) is 7.28. The van der Waals surface area contributed by atoms with E-state index in [-0.39, 0.29) is 12.8 Å². The summed E-state index contributed by atoms with van der Waals surface area (Å²) in [5, 5.41) is -5.63. The van der Waals surface area contributed by atoms with Gasteiger partial charge in [0.05, 0.1) is 0 Å². The lowest BCUT2D eigenvalue weighted by Crippen LogP contribution is -2.64. The number of hydrogen-bond donors (Lipinski definition) is 1. The quantitative estimate of drug-likeness (QED) is 0.221. The van der Waals surface area contributed by atoms with Gasteiger partial charge >= 0.3 is 23.3 Å². The van der Waals surface area contributed by atoms with Crippen molar-refractivity contribution < 1.29 is 56.3 Å². The van der Waals surface area contributed by atoms with Crippen molar-refractivity contribution in [2.24, 2.45) is 0 Å². The van der Waals surface area contributed by atoms with Gasteiger partial charge in [0.25, 0.3) is 10.0 Å². The van der Waals surface area contributed by atoms with E-state index in [1.807, 2.05) is 0 Å². The Bertz CT molecular complexity index is 770. The van der Waals surface area contributed by atoms with Crippen LogP contribution in [0.25, 0.3) is 0 Å². The first kappa shape index (κ1) is 29.0. The van der Waals surface area contributed by atoms with Gasteiger partial charge in [0.15, 0.2) is 0 Å². The number of sulfonamides is 1. The number of alkyl halides is 9. The molecular weight excluding hydrogens is 481 g/mol. The lowest BCUT2D eigenvalue weighted by molar-refractivity contribution is -0.382. The van der Waals surface area contributed by atoms with E-state index in [4.69, 9.17) is 0 Å². The van der Waals surface area contributed by atoms with Gasteiger partial charge in [0.2, 0.25) is 10.3 Å². The molecule has 0 saturated heterocycles. The molecule has 0 spiro atoms. The average molecular weight is 501 g/mol. The summed E-state index contributed by atoms with van der Waals surface area (Å²) in [5.74, 6) is -14.5. The second-order valence-electron chi connectivity index (χ2n) is 6.25. The van der Waals surface area contributed by atoms with E-state index < -0.39 is 50.1 Å². The molecule has 180 valence electrons. The van der Waals surface area contributed by atoms with Gasteiger partial charge in [-0.15, -0.1) is 0 Å². The Balaban J connectivity index is 4.54. The molecule has 0 aromatic rings. The van der Waals surface area contributed by atoms with Gasteiger partial charge < -0.3 is 0 Å². The Morgan fingerprint density at radius 2 is 1.13 bits per heavy atom. The fourth-order valence-electron chi connectivity index (χ4n) is 2.16. The maximum atomic E-state index is 13.4. The lowest BCUT2D eigenvalue weighted by atomic mass is 10.1. The Morgan fingerprint density at radius 3 is 1.57 bits per heavy atom. The van der Waals surface area contributed by atoms with Crippen LogP contribution < -0.4 is 4.72 Å². The minimum absolute atomic E-state index is 0.153. The number of halogens is 9. The van der Waals surface area contributed by atoms with Crippen LogP contribution >= 0.6 is 0 Å². The van der Waals surface area contributed by atoms with E-state index in [0.29, 0.717) is 38.5 Å². The number of nitrogens with one attached hydrogen (secondary N) is 1. The Labute approximate surface area is 168 Å². The smallest absolute Gasteiger partial charge is 0.210 e. The zero-order chi connectivity index (χ0) is 23.9. The molecule has 1 N–H and O–H groups in total. The van der Waals surface area contributed by atoms with Crippen molar-refractivity contribution in [3.05, 3.63) is 0 Å². The predicted octanol–water partition coefficient (Wildman–Crippen LogP) is 4.13. The third-order valence-electron chi connectivity index (χ3n) is 3.88. The second kappa shape index (κ2) is 11.0. The topological polar surface area (TPSA) is 80.3 Å². The van der Waals surface area contributed by atoms with Gasteiger partial charge in [-0.3, -0.25) is 0 Å². The minimum Gasteiger partial charge on any atom is -0.210 e. The number of rotatable bonds is 14. The van der Waals surface area contributed by atoms with E-state index in [0.717, 1.165) is 10.1 Å². The first-order valence-electron chi connectivity index (χ1n) is 8.52. The first-order valence-corrected chi connectivity index (χ1v) is 11.1. The van der Waals surface area contributed by atoms with Crippen LogP contribution in [0.3, 0.4) is 0 Å². The van der Waals surface area contributed by atoms with Crippen molar-refractivity contribution in [1.29, 1.82) is 0 Å². The summed E-state index contributed by atoms with van der Waals surface area (Å²) in [5.41, 5.74) is 0. The highest BCUT2D eigenvalue weighted by Crippen LogP contribution is 2.54. The van der Waals surface area contributed by atoms with Gasteiger partial charge in [0.1, 0.15) is 0 Å². The molecule has 5 nitrogen and oxygen atoms in total. The first-order chi connectivity index (χ1) is 13.4. The second-order valence-corrected chi connectivity index (χ2v) is 8.91. The monoisotopic (exact) mass is 501 g/mol. The molecule has 0 radical (unpaired) electrons. The van der Waals surface area contributed by atoms with Crippen LogP contribution in [0.2, 0.25) is 0 Å². The van der Waals surface area contributed by atoms with Crippen molar-refractivity contribution in [2.75, 3.05) is 6.54 Å². The lowest BCUT2D eigenvalue weighted by Gasteiger charge is -2.33. The molecule has 30 heavy (non-hydrogen) atoms. The van der Waals surface area contributed by atoms with E-state index in [1.165, 1.54) is 0 Å². The van der Waals surface area contributed by atoms with E-state index >= 15 is 0 Å². The van der Waals surface area contributed by atoms with E-state index in [2.05, 4.69) is 0 Å². The highest BCUT2D eigenvalue weighted by Gasteiger charge is 2.85.